The fourth-order valence-electron chi connectivity index (χ4n) is 3.84. The topological polar surface area (TPSA) is 90.1 Å². The van der Waals surface area contributed by atoms with Crippen molar-refractivity contribution in [2.75, 3.05) is 17.7 Å². The number of carbonyl (C=O) groups is 2. The average molecular weight is 459 g/mol. The molecule has 0 bridgehead atoms. The first-order valence-corrected chi connectivity index (χ1v) is 10.6. The smallest absolute Gasteiger partial charge is 0.350 e. The first-order chi connectivity index (χ1) is 15.6. The van der Waals surface area contributed by atoms with Gasteiger partial charge in [-0.2, -0.15) is 13.2 Å². The Morgan fingerprint density at radius 1 is 1.21 bits per heavy atom. The summed E-state index contributed by atoms with van der Waals surface area (Å²) >= 11 is 0. The van der Waals surface area contributed by atoms with E-state index in [1.807, 2.05) is 6.92 Å². The van der Waals surface area contributed by atoms with E-state index in [-0.39, 0.29) is 30.3 Å². The van der Waals surface area contributed by atoms with Crippen LogP contribution in [0.5, 0.6) is 0 Å². The van der Waals surface area contributed by atoms with Gasteiger partial charge in [0.15, 0.2) is 0 Å². The number of amides is 2. The number of fused-ring (bicyclic) bond motifs is 1. The quantitative estimate of drug-likeness (QED) is 0.516. The number of nitrogens with one attached hydrogen (secondary N) is 3. The SMILES string of the molecule is CC1C(Nc2nc3ccc(NC(=O)CCc4ccc(C(F)(F)F)cc4)cc3[nH]2)CC(=O)N1C. The summed E-state index contributed by atoms with van der Waals surface area (Å²) in [5, 5.41) is 6.07. The molecule has 0 radical (unpaired) electrons. The van der Waals surface area contributed by atoms with Crippen molar-refractivity contribution >= 4 is 34.5 Å². The number of halogens is 3. The summed E-state index contributed by atoms with van der Waals surface area (Å²) in [5.41, 5.74) is 1.97. The van der Waals surface area contributed by atoms with E-state index in [9.17, 15) is 22.8 Å². The number of rotatable bonds is 6. The Balaban J connectivity index is 1.35. The first-order valence-electron chi connectivity index (χ1n) is 10.6. The minimum absolute atomic E-state index is 0.0465. The number of carbonyl (C=O) groups excluding carboxylic acids is 2. The number of alkyl halides is 3. The first kappa shape index (κ1) is 22.6. The lowest BCUT2D eigenvalue weighted by molar-refractivity contribution is -0.137. The van der Waals surface area contributed by atoms with Crippen LogP contribution >= 0.6 is 0 Å². The third kappa shape index (κ3) is 5.10. The molecular weight excluding hydrogens is 435 g/mol. The van der Waals surface area contributed by atoms with Crippen LogP contribution in [-0.4, -0.2) is 45.8 Å². The maximum atomic E-state index is 12.6. The Morgan fingerprint density at radius 2 is 1.94 bits per heavy atom. The van der Waals surface area contributed by atoms with E-state index in [1.54, 1.807) is 30.1 Å². The van der Waals surface area contributed by atoms with E-state index in [0.717, 1.165) is 17.6 Å². The summed E-state index contributed by atoms with van der Waals surface area (Å²) in [6.07, 6.45) is -3.51. The second-order valence-electron chi connectivity index (χ2n) is 8.26. The van der Waals surface area contributed by atoms with Crippen molar-refractivity contribution in [3.63, 3.8) is 0 Å². The van der Waals surface area contributed by atoms with Gasteiger partial charge >= 0.3 is 6.18 Å². The van der Waals surface area contributed by atoms with E-state index in [1.165, 1.54) is 12.1 Å². The molecule has 33 heavy (non-hydrogen) atoms. The number of aromatic nitrogens is 2. The van der Waals surface area contributed by atoms with Crippen molar-refractivity contribution in [1.82, 2.24) is 14.9 Å². The van der Waals surface area contributed by atoms with Gasteiger partial charge in [-0.3, -0.25) is 9.59 Å². The molecule has 3 N–H and O–H groups in total. The molecule has 1 aromatic heterocycles. The Hall–Kier alpha value is -3.56. The van der Waals surface area contributed by atoms with Crippen LogP contribution < -0.4 is 10.6 Å². The molecule has 2 unspecified atom stereocenters. The number of imidazole rings is 1. The predicted octanol–water partition coefficient (Wildman–Crippen LogP) is 4.18. The Bertz CT molecular complexity index is 1170. The summed E-state index contributed by atoms with van der Waals surface area (Å²) in [7, 11) is 1.78. The van der Waals surface area contributed by atoms with Gasteiger partial charge in [0.05, 0.1) is 22.6 Å². The summed E-state index contributed by atoms with van der Waals surface area (Å²) in [4.78, 5) is 33.6. The lowest BCUT2D eigenvalue weighted by Crippen LogP contribution is -2.34. The van der Waals surface area contributed by atoms with Gasteiger partial charge in [0.1, 0.15) is 0 Å². The molecule has 0 saturated carbocycles. The zero-order valence-electron chi connectivity index (χ0n) is 18.2. The largest absolute Gasteiger partial charge is 0.416 e. The normalized spacial score (nSPS) is 18.7. The molecule has 3 aromatic rings. The standard InChI is InChI=1S/C23H24F3N5O2/c1-13-18(12-21(33)31(13)2)29-22-28-17-9-8-16(11-19(17)30-22)27-20(32)10-5-14-3-6-15(7-4-14)23(24,25)26/h3-4,6-9,11,13,18H,5,10,12H2,1-2H3,(H,27,32)(H2,28,29,30). The number of aryl methyl sites for hydroxylation is 1. The molecule has 2 atom stereocenters. The molecule has 10 heteroatoms. The number of likely N-dealkylation sites (N-methyl/N-ethyl adjacent to an activating group) is 1. The molecule has 0 aliphatic carbocycles. The Labute approximate surface area is 188 Å². The highest BCUT2D eigenvalue weighted by atomic mass is 19.4. The molecule has 7 nitrogen and oxygen atoms in total. The van der Waals surface area contributed by atoms with Crippen molar-refractivity contribution in [2.45, 2.75) is 44.4 Å². The van der Waals surface area contributed by atoms with Crippen LogP contribution in [0.15, 0.2) is 42.5 Å². The van der Waals surface area contributed by atoms with E-state index >= 15 is 0 Å². The number of nitrogens with zero attached hydrogens (tertiary/aromatic N) is 2. The van der Waals surface area contributed by atoms with E-state index < -0.39 is 11.7 Å². The van der Waals surface area contributed by atoms with Gasteiger partial charge in [-0.15, -0.1) is 0 Å². The summed E-state index contributed by atoms with van der Waals surface area (Å²) in [6.45, 7) is 1.98. The van der Waals surface area contributed by atoms with E-state index in [2.05, 4.69) is 20.6 Å². The summed E-state index contributed by atoms with van der Waals surface area (Å²) < 4.78 is 37.9. The Morgan fingerprint density at radius 3 is 2.58 bits per heavy atom. The molecule has 174 valence electrons. The van der Waals surface area contributed by atoms with Gasteiger partial charge in [0.25, 0.3) is 0 Å². The maximum absolute atomic E-state index is 12.6. The molecule has 2 aromatic carbocycles. The zero-order valence-corrected chi connectivity index (χ0v) is 18.2. The highest BCUT2D eigenvalue weighted by molar-refractivity contribution is 5.93. The maximum Gasteiger partial charge on any atom is 0.416 e. The fourth-order valence-corrected chi connectivity index (χ4v) is 3.84. The molecular formula is C23H24F3N5O2. The molecule has 1 aliphatic heterocycles. The second-order valence-corrected chi connectivity index (χ2v) is 8.26. The van der Waals surface area contributed by atoms with Gasteiger partial charge in [0, 0.05) is 31.6 Å². The summed E-state index contributed by atoms with van der Waals surface area (Å²) in [5.74, 6) is 0.390. The van der Waals surface area contributed by atoms with Gasteiger partial charge in [-0.1, -0.05) is 12.1 Å². The van der Waals surface area contributed by atoms with Crippen LogP contribution in [-0.2, 0) is 22.2 Å². The van der Waals surface area contributed by atoms with Crippen LogP contribution in [0.3, 0.4) is 0 Å². The average Bonchev–Trinajstić information content (AvgIpc) is 3.27. The highest BCUT2D eigenvalue weighted by Gasteiger charge is 2.34. The van der Waals surface area contributed by atoms with Crippen molar-refractivity contribution in [3.8, 4) is 0 Å². The monoisotopic (exact) mass is 459 g/mol. The van der Waals surface area contributed by atoms with Crippen molar-refractivity contribution in [2.24, 2.45) is 0 Å². The van der Waals surface area contributed by atoms with Crippen LogP contribution in [0.4, 0.5) is 24.8 Å². The second kappa shape index (κ2) is 8.76. The van der Waals surface area contributed by atoms with Crippen molar-refractivity contribution in [1.29, 1.82) is 0 Å². The number of hydrogen-bond acceptors (Lipinski definition) is 4. The molecule has 1 saturated heterocycles. The minimum atomic E-state index is -4.38. The van der Waals surface area contributed by atoms with Crippen molar-refractivity contribution in [3.05, 3.63) is 53.6 Å². The molecule has 2 amide bonds. The minimum Gasteiger partial charge on any atom is -0.350 e. The molecule has 1 aliphatic rings. The van der Waals surface area contributed by atoms with Crippen LogP contribution in [0.1, 0.15) is 30.9 Å². The third-order valence-electron chi connectivity index (χ3n) is 5.99. The lowest BCUT2D eigenvalue weighted by atomic mass is 10.1. The van der Waals surface area contributed by atoms with Gasteiger partial charge in [0.2, 0.25) is 17.8 Å². The zero-order chi connectivity index (χ0) is 23.8. The number of aromatic amines is 1. The summed E-state index contributed by atoms with van der Waals surface area (Å²) in [6, 6.07) is 10.1. The Kier molecular flexibility index (Phi) is 6.01. The predicted molar refractivity (Wildman–Crippen MR) is 119 cm³/mol. The number of likely N-dealkylation sites (tertiary alicyclic amines) is 1. The molecule has 4 rings (SSSR count). The molecule has 1 fully saturated rings. The van der Waals surface area contributed by atoms with Gasteiger partial charge in [-0.05, 0) is 49.2 Å². The number of H-pyrrole nitrogens is 1. The van der Waals surface area contributed by atoms with E-state index in [0.29, 0.717) is 35.6 Å². The fraction of sp³-hybridized carbons (Fsp3) is 0.348. The number of anilines is 2. The number of benzene rings is 2. The lowest BCUT2D eigenvalue weighted by Gasteiger charge is -2.20. The van der Waals surface area contributed by atoms with Crippen molar-refractivity contribution < 1.29 is 22.8 Å². The third-order valence-corrected chi connectivity index (χ3v) is 5.99. The van der Waals surface area contributed by atoms with Crippen LogP contribution in [0.2, 0.25) is 0 Å². The molecule has 0 spiro atoms. The van der Waals surface area contributed by atoms with Gasteiger partial charge in [-0.25, -0.2) is 4.98 Å². The highest BCUT2D eigenvalue weighted by Crippen LogP contribution is 2.29. The van der Waals surface area contributed by atoms with Gasteiger partial charge < -0.3 is 20.5 Å². The van der Waals surface area contributed by atoms with Crippen LogP contribution in [0.25, 0.3) is 11.0 Å². The van der Waals surface area contributed by atoms with E-state index in [4.69, 9.17) is 0 Å². The molecule has 2 heterocycles. The van der Waals surface area contributed by atoms with Crippen LogP contribution in [0, 0.1) is 0 Å². The number of hydrogen-bond donors (Lipinski definition) is 3.